The summed E-state index contributed by atoms with van der Waals surface area (Å²) in [5.41, 5.74) is 1.49. The number of methoxy groups -OCH3 is 1. The number of rotatable bonds is 1. The van der Waals surface area contributed by atoms with Crippen molar-refractivity contribution in [3.05, 3.63) is 35.4 Å². The van der Waals surface area contributed by atoms with E-state index in [1.165, 1.54) is 7.11 Å². The van der Waals surface area contributed by atoms with E-state index in [4.69, 9.17) is 4.74 Å². The Hall–Kier alpha value is -1.84. The zero-order valence-corrected chi connectivity index (χ0v) is 11.3. The summed E-state index contributed by atoms with van der Waals surface area (Å²) in [7, 11) is 3.18. The van der Waals surface area contributed by atoms with E-state index in [0.29, 0.717) is 6.42 Å². The Balaban J connectivity index is 2.20. The van der Waals surface area contributed by atoms with Gasteiger partial charge in [0.05, 0.1) is 24.5 Å². The van der Waals surface area contributed by atoms with Gasteiger partial charge in [0.2, 0.25) is 5.91 Å². The van der Waals surface area contributed by atoms with E-state index in [9.17, 15) is 9.59 Å². The Labute approximate surface area is 112 Å². The molecule has 19 heavy (non-hydrogen) atoms. The van der Waals surface area contributed by atoms with E-state index in [0.717, 1.165) is 11.1 Å². The summed E-state index contributed by atoms with van der Waals surface area (Å²) in [6.45, 7) is 1.90. The first kappa shape index (κ1) is 12.2. The van der Waals surface area contributed by atoms with Crippen LogP contribution in [0.3, 0.4) is 0 Å². The van der Waals surface area contributed by atoms with E-state index in [2.05, 4.69) is 0 Å². The highest BCUT2D eigenvalue weighted by Crippen LogP contribution is 2.56. The maximum absolute atomic E-state index is 12.3. The van der Waals surface area contributed by atoms with E-state index >= 15 is 0 Å². The fourth-order valence-corrected chi connectivity index (χ4v) is 3.72. The van der Waals surface area contributed by atoms with Gasteiger partial charge in [-0.2, -0.15) is 0 Å². The molecule has 0 radical (unpaired) electrons. The molecule has 2 heterocycles. The third-order valence-corrected chi connectivity index (χ3v) is 4.58. The minimum absolute atomic E-state index is 0.102. The quantitative estimate of drug-likeness (QED) is 0.723. The van der Waals surface area contributed by atoms with Crippen molar-refractivity contribution in [2.75, 3.05) is 14.2 Å². The fourth-order valence-electron chi connectivity index (χ4n) is 3.72. The Morgan fingerprint density at radius 3 is 2.63 bits per heavy atom. The number of piperidine rings is 1. The van der Waals surface area contributed by atoms with Gasteiger partial charge < -0.3 is 9.64 Å². The van der Waals surface area contributed by atoms with E-state index < -0.39 is 5.41 Å². The number of benzene rings is 1. The van der Waals surface area contributed by atoms with Crippen molar-refractivity contribution in [1.82, 2.24) is 4.90 Å². The molecular formula is C15H17NO3. The van der Waals surface area contributed by atoms with Crippen LogP contribution < -0.4 is 0 Å². The van der Waals surface area contributed by atoms with Crippen LogP contribution in [0.2, 0.25) is 0 Å². The molecule has 4 rings (SSSR count). The molecule has 3 unspecified atom stereocenters. The monoisotopic (exact) mass is 259 g/mol. The third-order valence-electron chi connectivity index (χ3n) is 4.58. The van der Waals surface area contributed by atoms with Crippen LogP contribution in [0.1, 0.15) is 36.4 Å². The van der Waals surface area contributed by atoms with Crippen molar-refractivity contribution >= 4 is 11.9 Å². The lowest BCUT2D eigenvalue weighted by atomic mass is 9.61. The molecular weight excluding hydrogens is 242 g/mol. The van der Waals surface area contributed by atoms with Crippen LogP contribution >= 0.6 is 0 Å². The summed E-state index contributed by atoms with van der Waals surface area (Å²) in [6, 6.07) is 7.68. The number of hydrogen-bond acceptors (Lipinski definition) is 3. The molecule has 1 amide bonds. The average molecular weight is 259 g/mol. The Morgan fingerprint density at radius 1 is 1.37 bits per heavy atom. The van der Waals surface area contributed by atoms with Crippen molar-refractivity contribution in [2.45, 2.75) is 25.3 Å². The number of likely N-dealkylation sites (N-methyl/N-ethyl adjacent to an activating group) is 1. The Morgan fingerprint density at radius 2 is 2.00 bits per heavy atom. The van der Waals surface area contributed by atoms with E-state index in [1.807, 2.05) is 31.2 Å². The molecule has 0 saturated carbocycles. The number of nitrogens with zero attached hydrogens (tertiary/aromatic N) is 1. The lowest BCUT2D eigenvalue weighted by Gasteiger charge is -2.52. The smallest absolute Gasteiger partial charge is 0.314 e. The summed E-state index contributed by atoms with van der Waals surface area (Å²) in [5.74, 6) is -0.364. The summed E-state index contributed by atoms with van der Waals surface area (Å²) in [4.78, 5) is 26.2. The predicted octanol–water partition coefficient (Wildman–Crippen LogP) is 1.87. The van der Waals surface area contributed by atoms with Crippen LogP contribution in [0.5, 0.6) is 0 Å². The predicted molar refractivity (Wildman–Crippen MR) is 69.4 cm³/mol. The molecule has 2 bridgehead atoms. The van der Waals surface area contributed by atoms with Crippen molar-refractivity contribution in [3.63, 3.8) is 0 Å². The minimum atomic E-state index is -0.656. The number of carbonyl (C=O) groups is 2. The van der Waals surface area contributed by atoms with Gasteiger partial charge in [-0.25, -0.2) is 0 Å². The molecule has 0 aromatic heterocycles. The number of fused-ring (bicyclic) bond motifs is 2. The first-order chi connectivity index (χ1) is 9.00. The molecule has 4 nitrogen and oxygen atoms in total. The second kappa shape index (κ2) is 3.83. The van der Waals surface area contributed by atoms with Crippen LogP contribution in [0.15, 0.2) is 24.3 Å². The van der Waals surface area contributed by atoms with Gasteiger partial charge in [0.15, 0.2) is 0 Å². The minimum Gasteiger partial charge on any atom is -0.469 e. The first-order valence-corrected chi connectivity index (χ1v) is 6.44. The fraction of sp³-hybridized carbons (Fsp3) is 0.467. The van der Waals surface area contributed by atoms with Crippen LogP contribution in [0, 0.1) is 5.41 Å². The highest BCUT2D eigenvalue weighted by atomic mass is 16.5. The van der Waals surface area contributed by atoms with Crippen molar-refractivity contribution in [3.8, 4) is 0 Å². The molecule has 0 spiro atoms. The first-order valence-electron chi connectivity index (χ1n) is 6.44. The standard InChI is InChI=1S/C15H17NO3/c1-15(14(18)19-3)8-11-9-6-4-5-7-10(9)12(15)16(2)13(11)17/h4-7,11-12H,8H2,1-3H3. The van der Waals surface area contributed by atoms with Gasteiger partial charge in [-0.15, -0.1) is 0 Å². The van der Waals surface area contributed by atoms with Crippen LogP contribution in [0.4, 0.5) is 0 Å². The van der Waals surface area contributed by atoms with Crippen molar-refractivity contribution in [1.29, 1.82) is 0 Å². The molecule has 3 atom stereocenters. The summed E-state index contributed by atoms with van der Waals surface area (Å²) in [5, 5.41) is 0. The number of hydrogen-bond donors (Lipinski definition) is 0. The molecule has 1 aromatic rings. The van der Waals surface area contributed by atoms with E-state index in [-0.39, 0.29) is 23.8 Å². The average Bonchev–Trinajstić information content (AvgIpc) is 2.42. The SMILES string of the molecule is COC(=O)C1(C)CC2C(=O)N(C)C1c1ccccc12. The molecule has 1 fully saturated rings. The molecule has 1 aromatic carbocycles. The lowest BCUT2D eigenvalue weighted by Crippen LogP contribution is -2.56. The zero-order valence-electron chi connectivity index (χ0n) is 11.3. The van der Waals surface area contributed by atoms with Gasteiger partial charge in [0, 0.05) is 7.05 Å². The number of ether oxygens (including phenoxy) is 1. The number of carbonyl (C=O) groups excluding carboxylic acids is 2. The number of amides is 1. The molecule has 1 aliphatic carbocycles. The highest BCUT2D eigenvalue weighted by Gasteiger charge is 2.58. The van der Waals surface area contributed by atoms with Crippen molar-refractivity contribution < 1.29 is 14.3 Å². The molecule has 100 valence electrons. The number of esters is 1. The maximum Gasteiger partial charge on any atom is 0.314 e. The molecule has 0 N–H and O–H groups in total. The third kappa shape index (κ3) is 1.40. The Kier molecular flexibility index (Phi) is 2.46. The summed E-state index contributed by atoms with van der Waals surface area (Å²) < 4.78 is 4.97. The largest absolute Gasteiger partial charge is 0.469 e. The Bertz CT molecular complexity index is 568. The van der Waals surface area contributed by atoms with Crippen LogP contribution in [-0.2, 0) is 14.3 Å². The van der Waals surface area contributed by atoms with Gasteiger partial charge in [-0.05, 0) is 24.5 Å². The van der Waals surface area contributed by atoms with E-state index in [1.54, 1.807) is 11.9 Å². The van der Waals surface area contributed by atoms with Gasteiger partial charge in [-0.3, -0.25) is 9.59 Å². The second-order valence-electron chi connectivity index (χ2n) is 5.65. The van der Waals surface area contributed by atoms with Gasteiger partial charge in [0.1, 0.15) is 0 Å². The summed E-state index contributed by atoms with van der Waals surface area (Å²) in [6.07, 6.45) is 0.532. The molecule has 3 aliphatic rings. The van der Waals surface area contributed by atoms with Crippen LogP contribution in [-0.4, -0.2) is 30.9 Å². The van der Waals surface area contributed by atoms with Crippen molar-refractivity contribution in [2.24, 2.45) is 5.41 Å². The molecule has 4 heteroatoms. The van der Waals surface area contributed by atoms with Crippen LogP contribution in [0.25, 0.3) is 0 Å². The normalized spacial score (nSPS) is 32.2. The van der Waals surface area contributed by atoms with Gasteiger partial charge in [-0.1, -0.05) is 24.3 Å². The topological polar surface area (TPSA) is 46.6 Å². The maximum atomic E-state index is 12.3. The van der Waals surface area contributed by atoms with Gasteiger partial charge in [0.25, 0.3) is 0 Å². The second-order valence-corrected chi connectivity index (χ2v) is 5.65. The summed E-state index contributed by atoms with van der Waals surface area (Å²) >= 11 is 0. The zero-order chi connectivity index (χ0) is 13.8. The lowest BCUT2D eigenvalue weighted by molar-refractivity contribution is -0.167. The molecule has 2 aliphatic heterocycles. The van der Waals surface area contributed by atoms with Gasteiger partial charge >= 0.3 is 5.97 Å². The molecule has 1 saturated heterocycles. The highest BCUT2D eigenvalue weighted by molar-refractivity contribution is 5.92.